The van der Waals surface area contributed by atoms with Crippen molar-refractivity contribution in [3.8, 4) is 11.6 Å². The minimum absolute atomic E-state index is 0.0405. The molecule has 0 spiro atoms. The maximum Gasteiger partial charge on any atom is 0.411 e. The van der Waals surface area contributed by atoms with Gasteiger partial charge in [-0.2, -0.15) is 0 Å². The number of aliphatic carboxylic acids is 1. The summed E-state index contributed by atoms with van der Waals surface area (Å²) in [6, 6.07) is 17.3. The van der Waals surface area contributed by atoms with E-state index >= 15 is 0 Å². The zero-order valence-electron chi connectivity index (χ0n) is 20.7. The molecule has 1 amide bonds. The van der Waals surface area contributed by atoms with E-state index in [1.807, 2.05) is 54.6 Å². The number of ether oxygens (including phenoxy) is 3. The molecule has 8 nitrogen and oxygen atoms in total. The molecule has 0 saturated carbocycles. The summed E-state index contributed by atoms with van der Waals surface area (Å²) in [5.74, 6) is -0.292. The van der Waals surface area contributed by atoms with Crippen LogP contribution < -0.4 is 9.47 Å². The van der Waals surface area contributed by atoms with Gasteiger partial charge in [0.25, 0.3) is 0 Å². The van der Waals surface area contributed by atoms with Gasteiger partial charge in [0.05, 0.1) is 12.1 Å². The first-order valence-corrected chi connectivity index (χ1v) is 12.4. The van der Waals surface area contributed by atoms with Gasteiger partial charge in [-0.15, -0.1) is 0 Å². The molecule has 3 aromatic rings. The fourth-order valence-electron chi connectivity index (χ4n) is 4.14. The van der Waals surface area contributed by atoms with E-state index in [2.05, 4.69) is 20.9 Å². The van der Waals surface area contributed by atoms with E-state index in [4.69, 9.17) is 14.2 Å². The van der Waals surface area contributed by atoms with Crippen molar-refractivity contribution in [2.75, 3.05) is 6.54 Å². The lowest BCUT2D eigenvalue weighted by Crippen LogP contribution is -2.52. The van der Waals surface area contributed by atoms with Gasteiger partial charge in [-0.25, -0.2) is 14.6 Å². The number of nitrogens with zero attached hydrogens (tertiary/aromatic N) is 2. The summed E-state index contributed by atoms with van der Waals surface area (Å²) >= 11 is 3.59. The summed E-state index contributed by atoms with van der Waals surface area (Å²) in [6.45, 7) is 7.10. The standard InChI is InChI=1S/C27H29BrN2O6/c1-26(2,3)36-25(33)30-15-18(14-27(30,4)24(31)32)35-23-21(28)22(19-12-8-9-13-20(19)29-23)34-16-17-10-6-5-7-11-17/h5-13,18H,14-16H2,1-4H3,(H,31,32)/t18-,27+/m1/s1. The molecular weight excluding hydrogens is 528 g/mol. The summed E-state index contributed by atoms with van der Waals surface area (Å²) in [7, 11) is 0. The van der Waals surface area contributed by atoms with Crippen LogP contribution in [0.5, 0.6) is 11.6 Å². The molecule has 4 rings (SSSR count). The monoisotopic (exact) mass is 556 g/mol. The predicted octanol–water partition coefficient (Wildman–Crippen LogP) is 5.81. The van der Waals surface area contributed by atoms with Crippen molar-refractivity contribution < 1.29 is 28.9 Å². The van der Waals surface area contributed by atoms with E-state index in [0.717, 1.165) is 10.9 Å². The third kappa shape index (κ3) is 5.41. The summed E-state index contributed by atoms with van der Waals surface area (Å²) in [4.78, 5) is 30.9. The highest BCUT2D eigenvalue weighted by Gasteiger charge is 2.52. The summed E-state index contributed by atoms with van der Waals surface area (Å²) < 4.78 is 18.4. The number of fused-ring (bicyclic) bond motifs is 1. The van der Waals surface area contributed by atoms with Gasteiger partial charge >= 0.3 is 12.1 Å². The summed E-state index contributed by atoms with van der Waals surface area (Å²) in [6.07, 6.45) is -1.25. The second-order valence-electron chi connectivity index (χ2n) is 9.97. The van der Waals surface area contributed by atoms with Crippen LogP contribution >= 0.6 is 15.9 Å². The van der Waals surface area contributed by atoms with Gasteiger partial charge in [-0.05, 0) is 61.3 Å². The van der Waals surface area contributed by atoms with Gasteiger partial charge in [-0.1, -0.05) is 42.5 Å². The lowest BCUT2D eigenvalue weighted by atomic mass is 9.99. The van der Waals surface area contributed by atoms with E-state index in [-0.39, 0.29) is 18.8 Å². The number of hydrogen-bond acceptors (Lipinski definition) is 6. The average molecular weight is 557 g/mol. The number of carbonyl (C=O) groups excluding carboxylic acids is 1. The first-order valence-electron chi connectivity index (χ1n) is 11.6. The van der Waals surface area contributed by atoms with Crippen LogP contribution in [0.1, 0.15) is 39.7 Å². The van der Waals surface area contributed by atoms with Crippen LogP contribution in [0.2, 0.25) is 0 Å². The number of benzene rings is 2. The number of carbonyl (C=O) groups is 2. The second kappa shape index (κ2) is 9.97. The number of aromatic nitrogens is 1. The van der Waals surface area contributed by atoms with E-state index in [1.54, 1.807) is 20.8 Å². The van der Waals surface area contributed by atoms with Crippen LogP contribution in [0.3, 0.4) is 0 Å². The first kappa shape index (κ1) is 25.8. The SMILES string of the molecule is CC(C)(C)OC(=O)N1C[C@H](Oc2nc3ccccc3c(OCc3ccccc3)c2Br)C[C@@]1(C)C(=O)O. The van der Waals surface area contributed by atoms with Crippen molar-refractivity contribution >= 4 is 38.9 Å². The number of carboxylic acid groups (broad SMARTS) is 1. The van der Waals surface area contributed by atoms with Gasteiger partial charge in [0.2, 0.25) is 5.88 Å². The van der Waals surface area contributed by atoms with Crippen molar-refractivity contribution in [1.29, 1.82) is 0 Å². The Bertz CT molecular complexity index is 1280. The molecule has 190 valence electrons. The van der Waals surface area contributed by atoms with Crippen LogP contribution in [0.25, 0.3) is 10.9 Å². The summed E-state index contributed by atoms with van der Waals surface area (Å²) in [5.41, 5.74) is -0.567. The molecule has 1 aliphatic rings. The zero-order valence-corrected chi connectivity index (χ0v) is 22.2. The Morgan fingerprint density at radius 2 is 1.81 bits per heavy atom. The molecule has 0 radical (unpaired) electrons. The number of pyridine rings is 1. The Morgan fingerprint density at radius 3 is 2.47 bits per heavy atom. The molecular formula is C27H29BrN2O6. The van der Waals surface area contributed by atoms with Gasteiger partial charge in [-0.3, -0.25) is 4.90 Å². The number of amides is 1. The van der Waals surface area contributed by atoms with E-state index < -0.39 is 29.3 Å². The van der Waals surface area contributed by atoms with Crippen LogP contribution in [0, 0.1) is 0 Å². The van der Waals surface area contributed by atoms with Crippen LogP contribution in [0.15, 0.2) is 59.1 Å². The quantitative estimate of drug-likeness (QED) is 0.409. The van der Waals surface area contributed by atoms with E-state index in [1.165, 1.54) is 11.8 Å². The number of halogens is 1. The Hall–Kier alpha value is -3.33. The highest BCUT2D eigenvalue weighted by Crippen LogP contribution is 2.41. The molecule has 2 heterocycles. The van der Waals surface area contributed by atoms with Crippen molar-refractivity contribution in [2.45, 2.75) is 58.0 Å². The highest BCUT2D eigenvalue weighted by molar-refractivity contribution is 9.10. The molecule has 0 aliphatic carbocycles. The smallest absolute Gasteiger partial charge is 0.411 e. The van der Waals surface area contributed by atoms with Gasteiger partial charge in [0, 0.05) is 11.8 Å². The Kier molecular flexibility index (Phi) is 7.13. The molecule has 1 aliphatic heterocycles. The van der Waals surface area contributed by atoms with Crippen molar-refractivity contribution in [1.82, 2.24) is 9.88 Å². The number of likely N-dealkylation sites (tertiary alicyclic amines) is 1. The lowest BCUT2D eigenvalue weighted by molar-refractivity contribution is -0.148. The second-order valence-corrected chi connectivity index (χ2v) is 10.8. The van der Waals surface area contributed by atoms with E-state index in [9.17, 15) is 14.7 Å². The Balaban J connectivity index is 1.63. The fourth-order valence-corrected chi connectivity index (χ4v) is 4.65. The Morgan fingerprint density at radius 1 is 1.14 bits per heavy atom. The number of hydrogen-bond donors (Lipinski definition) is 1. The lowest BCUT2D eigenvalue weighted by Gasteiger charge is -2.32. The normalized spacial score (nSPS) is 19.8. The van der Waals surface area contributed by atoms with Gasteiger partial charge in [0.15, 0.2) is 0 Å². The fraction of sp³-hybridized carbons (Fsp3) is 0.370. The molecule has 0 bridgehead atoms. The number of carboxylic acids is 1. The third-order valence-electron chi connectivity index (χ3n) is 5.94. The van der Waals surface area contributed by atoms with Crippen molar-refractivity contribution in [3.05, 3.63) is 64.6 Å². The van der Waals surface area contributed by atoms with Gasteiger partial charge < -0.3 is 19.3 Å². The molecule has 36 heavy (non-hydrogen) atoms. The number of rotatable bonds is 6. The van der Waals surface area contributed by atoms with Crippen LogP contribution in [-0.4, -0.2) is 50.8 Å². The van der Waals surface area contributed by atoms with E-state index in [0.29, 0.717) is 22.3 Å². The molecule has 1 fully saturated rings. The van der Waals surface area contributed by atoms with Gasteiger partial charge in [0.1, 0.15) is 34.1 Å². The van der Waals surface area contributed by atoms with Crippen molar-refractivity contribution in [3.63, 3.8) is 0 Å². The third-order valence-corrected chi connectivity index (χ3v) is 6.64. The molecule has 1 aromatic heterocycles. The molecule has 2 aromatic carbocycles. The minimum atomic E-state index is -1.48. The average Bonchev–Trinajstić information content (AvgIpc) is 3.16. The number of para-hydroxylation sites is 1. The minimum Gasteiger partial charge on any atom is -0.487 e. The van der Waals surface area contributed by atoms with Crippen molar-refractivity contribution in [2.24, 2.45) is 0 Å². The molecule has 1 N–H and O–H groups in total. The molecule has 0 unspecified atom stereocenters. The maximum atomic E-state index is 12.8. The molecule has 1 saturated heterocycles. The first-order chi connectivity index (χ1) is 17.0. The summed E-state index contributed by atoms with van der Waals surface area (Å²) in [5, 5.41) is 10.8. The van der Waals surface area contributed by atoms with Crippen LogP contribution in [0.4, 0.5) is 4.79 Å². The topological polar surface area (TPSA) is 98.2 Å². The largest absolute Gasteiger partial charge is 0.487 e. The molecule has 2 atom stereocenters. The Labute approximate surface area is 218 Å². The predicted molar refractivity (Wildman–Crippen MR) is 138 cm³/mol. The van der Waals surface area contributed by atoms with Crippen LogP contribution in [-0.2, 0) is 16.1 Å². The zero-order chi connectivity index (χ0) is 26.1. The molecule has 9 heteroatoms. The highest BCUT2D eigenvalue weighted by atomic mass is 79.9. The maximum absolute atomic E-state index is 12.8.